The minimum Gasteiger partial charge on any atom is -0.508 e. The van der Waals surface area contributed by atoms with E-state index in [9.17, 15) is 9.90 Å². The molecule has 1 atom stereocenters. The van der Waals surface area contributed by atoms with Gasteiger partial charge in [0.05, 0.1) is 0 Å². The fourth-order valence-electron chi connectivity index (χ4n) is 2.11. The molecule has 2 aromatic carbocycles. The number of phenols is 1. The van der Waals surface area contributed by atoms with E-state index in [4.69, 9.17) is 0 Å². The summed E-state index contributed by atoms with van der Waals surface area (Å²) in [4.78, 5) is 12.1. The van der Waals surface area contributed by atoms with Crippen LogP contribution in [0.5, 0.6) is 5.75 Å². The molecule has 104 valence electrons. The molecule has 3 heteroatoms. The minimum absolute atomic E-state index is 0.147. The van der Waals surface area contributed by atoms with Gasteiger partial charge in [-0.15, -0.1) is 0 Å². The summed E-state index contributed by atoms with van der Waals surface area (Å²) in [6.07, 6.45) is 0. The maximum absolute atomic E-state index is 12.1. The molecule has 0 aliphatic rings. The number of carbonyl (C=O) groups is 1. The van der Waals surface area contributed by atoms with Crippen molar-refractivity contribution < 1.29 is 9.90 Å². The lowest BCUT2D eigenvalue weighted by Crippen LogP contribution is -2.28. The summed E-state index contributed by atoms with van der Waals surface area (Å²) in [5, 5.41) is 12.5. The highest BCUT2D eigenvalue weighted by molar-refractivity contribution is 5.96. The highest BCUT2D eigenvalue weighted by atomic mass is 16.3. The molecule has 0 aromatic heterocycles. The predicted molar refractivity (Wildman–Crippen MR) is 80.0 cm³/mol. The predicted octanol–water partition coefficient (Wildman–Crippen LogP) is 3.23. The molecule has 0 bridgehead atoms. The number of hydrogen-bond acceptors (Lipinski definition) is 2. The number of nitrogens with one attached hydrogen (secondary N) is 1. The van der Waals surface area contributed by atoms with E-state index in [1.165, 1.54) is 5.56 Å². The topological polar surface area (TPSA) is 49.3 Å². The van der Waals surface area contributed by atoms with Crippen LogP contribution >= 0.6 is 0 Å². The van der Waals surface area contributed by atoms with Crippen LogP contribution in [0.2, 0.25) is 0 Å². The van der Waals surface area contributed by atoms with Gasteiger partial charge in [0.1, 0.15) is 5.75 Å². The number of aromatic hydroxyl groups is 1. The maximum atomic E-state index is 12.1. The Morgan fingerprint density at radius 2 is 1.85 bits per heavy atom. The van der Waals surface area contributed by atoms with Crippen molar-refractivity contribution in [3.8, 4) is 5.75 Å². The number of amides is 1. The Balaban J connectivity index is 2.01. The first-order chi connectivity index (χ1) is 9.59. The van der Waals surface area contributed by atoms with Gasteiger partial charge in [-0.1, -0.05) is 43.3 Å². The van der Waals surface area contributed by atoms with Crippen molar-refractivity contribution in [3.63, 3.8) is 0 Å². The average molecular weight is 269 g/mol. The summed E-state index contributed by atoms with van der Waals surface area (Å²) in [5.41, 5.74) is 2.32. The number of rotatable bonds is 4. The lowest BCUT2D eigenvalue weighted by Gasteiger charge is -2.14. The molecule has 0 saturated carbocycles. The number of benzene rings is 2. The second-order valence-electron chi connectivity index (χ2n) is 4.97. The summed E-state index contributed by atoms with van der Waals surface area (Å²) in [5.74, 6) is 0.243. The van der Waals surface area contributed by atoms with Gasteiger partial charge in [-0.3, -0.25) is 4.79 Å². The van der Waals surface area contributed by atoms with Gasteiger partial charge in [-0.2, -0.15) is 0 Å². The fourth-order valence-corrected chi connectivity index (χ4v) is 2.11. The molecule has 1 amide bonds. The second kappa shape index (κ2) is 6.24. The molecular weight excluding hydrogens is 250 g/mol. The highest BCUT2D eigenvalue weighted by Gasteiger charge is 2.12. The minimum atomic E-state index is -0.152. The molecule has 0 aliphatic heterocycles. The molecule has 20 heavy (non-hydrogen) atoms. The van der Waals surface area contributed by atoms with Crippen LogP contribution in [-0.4, -0.2) is 17.6 Å². The second-order valence-corrected chi connectivity index (χ2v) is 4.97. The third-order valence-corrected chi connectivity index (χ3v) is 3.49. The van der Waals surface area contributed by atoms with Crippen LogP contribution in [0, 0.1) is 6.92 Å². The molecule has 0 heterocycles. The van der Waals surface area contributed by atoms with Gasteiger partial charge in [-0.05, 0) is 30.5 Å². The Hall–Kier alpha value is -2.29. The van der Waals surface area contributed by atoms with Crippen LogP contribution in [0.1, 0.15) is 34.3 Å². The Morgan fingerprint density at radius 3 is 2.55 bits per heavy atom. The molecule has 1 unspecified atom stereocenters. The summed E-state index contributed by atoms with van der Waals surface area (Å²) >= 11 is 0. The largest absolute Gasteiger partial charge is 0.508 e. The summed E-state index contributed by atoms with van der Waals surface area (Å²) in [7, 11) is 0. The van der Waals surface area contributed by atoms with Crippen LogP contribution in [0.3, 0.4) is 0 Å². The Bertz CT molecular complexity index is 593. The first-order valence-electron chi connectivity index (χ1n) is 6.71. The Labute approximate surface area is 119 Å². The van der Waals surface area contributed by atoms with Gasteiger partial charge in [-0.25, -0.2) is 0 Å². The Morgan fingerprint density at radius 1 is 1.15 bits per heavy atom. The SMILES string of the molecule is Cc1c(O)cccc1C(=O)NCC(C)c1ccccc1. The molecule has 3 nitrogen and oxygen atoms in total. The maximum Gasteiger partial charge on any atom is 0.251 e. The van der Waals surface area contributed by atoms with Crippen LogP contribution in [0.25, 0.3) is 0 Å². The van der Waals surface area contributed by atoms with Crippen LogP contribution in [0.15, 0.2) is 48.5 Å². The third kappa shape index (κ3) is 3.18. The normalized spacial score (nSPS) is 11.9. The van der Waals surface area contributed by atoms with E-state index in [1.807, 2.05) is 18.2 Å². The zero-order valence-corrected chi connectivity index (χ0v) is 11.8. The van der Waals surface area contributed by atoms with Crippen molar-refractivity contribution in [2.24, 2.45) is 0 Å². The van der Waals surface area contributed by atoms with E-state index in [1.54, 1.807) is 25.1 Å². The lowest BCUT2D eigenvalue weighted by atomic mass is 10.0. The number of carbonyl (C=O) groups excluding carboxylic acids is 1. The van der Waals surface area contributed by atoms with Crippen molar-refractivity contribution in [1.82, 2.24) is 5.32 Å². The fraction of sp³-hybridized carbons (Fsp3) is 0.235. The number of hydrogen-bond donors (Lipinski definition) is 2. The molecule has 2 rings (SSSR count). The van der Waals surface area contributed by atoms with E-state index >= 15 is 0 Å². The van der Waals surface area contributed by atoms with E-state index in [0.29, 0.717) is 17.7 Å². The molecule has 0 spiro atoms. The van der Waals surface area contributed by atoms with E-state index in [0.717, 1.165) is 0 Å². The summed E-state index contributed by atoms with van der Waals surface area (Å²) in [6, 6.07) is 15.0. The van der Waals surface area contributed by atoms with Gasteiger partial charge in [0.2, 0.25) is 0 Å². The summed E-state index contributed by atoms with van der Waals surface area (Å²) in [6.45, 7) is 4.38. The Kier molecular flexibility index (Phi) is 4.41. The van der Waals surface area contributed by atoms with Crippen molar-refractivity contribution in [1.29, 1.82) is 0 Å². The van der Waals surface area contributed by atoms with E-state index in [2.05, 4.69) is 24.4 Å². The number of phenolic OH excluding ortho intramolecular Hbond substituents is 1. The molecule has 0 saturated heterocycles. The molecule has 0 fully saturated rings. The molecule has 2 aromatic rings. The van der Waals surface area contributed by atoms with Crippen molar-refractivity contribution in [3.05, 3.63) is 65.2 Å². The smallest absolute Gasteiger partial charge is 0.251 e. The van der Waals surface area contributed by atoms with Crippen LogP contribution < -0.4 is 5.32 Å². The lowest BCUT2D eigenvalue weighted by molar-refractivity contribution is 0.0950. The van der Waals surface area contributed by atoms with Gasteiger partial charge >= 0.3 is 0 Å². The van der Waals surface area contributed by atoms with E-state index < -0.39 is 0 Å². The standard InChI is InChI=1S/C17H19NO2/c1-12(14-7-4-3-5-8-14)11-18-17(20)15-9-6-10-16(19)13(15)2/h3-10,12,19H,11H2,1-2H3,(H,18,20). The zero-order valence-electron chi connectivity index (χ0n) is 11.8. The zero-order chi connectivity index (χ0) is 14.5. The van der Waals surface area contributed by atoms with Crippen molar-refractivity contribution in [2.45, 2.75) is 19.8 Å². The third-order valence-electron chi connectivity index (χ3n) is 3.49. The van der Waals surface area contributed by atoms with Gasteiger partial charge < -0.3 is 10.4 Å². The van der Waals surface area contributed by atoms with Gasteiger partial charge in [0.25, 0.3) is 5.91 Å². The van der Waals surface area contributed by atoms with E-state index in [-0.39, 0.29) is 17.6 Å². The first-order valence-corrected chi connectivity index (χ1v) is 6.71. The van der Waals surface area contributed by atoms with Gasteiger partial charge in [0, 0.05) is 17.7 Å². The van der Waals surface area contributed by atoms with Crippen molar-refractivity contribution >= 4 is 5.91 Å². The monoisotopic (exact) mass is 269 g/mol. The highest BCUT2D eigenvalue weighted by Crippen LogP contribution is 2.19. The molecular formula is C17H19NO2. The van der Waals surface area contributed by atoms with Crippen LogP contribution in [0.4, 0.5) is 0 Å². The molecule has 0 radical (unpaired) electrons. The van der Waals surface area contributed by atoms with Gasteiger partial charge in [0.15, 0.2) is 0 Å². The van der Waals surface area contributed by atoms with Crippen molar-refractivity contribution in [2.75, 3.05) is 6.54 Å². The quantitative estimate of drug-likeness (QED) is 0.895. The average Bonchev–Trinajstić information content (AvgIpc) is 2.48. The summed E-state index contributed by atoms with van der Waals surface area (Å²) < 4.78 is 0. The molecule has 2 N–H and O–H groups in total. The first kappa shape index (κ1) is 14.1. The van der Waals surface area contributed by atoms with Crippen LogP contribution in [-0.2, 0) is 0 Å². The molecule has 0 aliphatic carbocycles.